The van der Waals surface area contributed by atoms with Gasteiger partial charge in [-0.15, -0.1) is 0 Å². The first-order valence-electron chi connectivity index (χ1n) is 5.61. The third kappa shape index (κ3) is 1.46. The lowest BCUT2D eigenvalue weighted by Crippen LogP contribution is -2.26. The molecular weight excluding hydrogens is 174 g/mol. The maximum Gasteiger partial charge on any atom is 0.0672 e. The largest absolute Gasteiger partial charge is 0.307 e. The summed E-state index contributed by atoms with van der Waals surface area (Å²) in [5.41, 5.74) is 2.77. The Hall–Kier alpha value is -0.830. The minimum absolute atomic E-state index is 0.583. The minimum Gasteiger partial charge on any atom is -0.307 e. The van der Waals surface area contributed by atoms with E-state index in [1.54, 1.807) is 0 Å². The van der Waals surface area contributed by atoms with Crippen molar-refractivity contribution >= 4 is 0 Å². The van der Waals surface area contributed by atoms with Gasteiger partial charge < -0.3 is 5.32 Å². The zero-order valence-electron chi connectivity index (χ0n) is 8.66. The van der Waals surface area contributed by atoms with Crippen LogP contribution in [0.25, 0.3) is 0 Å². The van der Waals surface area contributed by atoms with Gasteiger partial charge in [0.05, 0.1) is 5.69 Å². The molecule has 0 amide bonds. The first kappa shape index (κ1) is 8.48. The molecule has 1 heterocycles. The van der Waals surface area contributed by atoms with Crippen LogP contribution in [0.3, 0.4) is 0 Å². The summed E-state index contributed by atoms with van der Waals surface area (Å²) in [7, 11) is 2.02. The van der Waals surface area contributed by atoms with Crippen molar-refractivity contribution in [2.24, 2.45) is 7.05 Å². The summed E-state index contributed by atoms with van der Waals surface area (Å²) in [6, 6.07) is 1.38. The fraction of sp³-hybridized carbons (Fsp3) is 0.727. The molecule has 76 valence electrons. The molecule has 2 aliphatic rings. The Labute approximate surface area is 84.5 Å². The highest BCUT2D eigenvalue weighted by Crippen LogP contribution is 2.32. The fourth-order valence-electron chi connectivity index (χ4n) is 2.37. The predicted molar refractivity (Wildman–Crippen MR) is 55.0 cm³/mol. The van der Waals surface area contributed by atoms with Crippen molar-refractivity contribution in [2.75, 3.05) is 0 Å². The second kappa shape index (κ2) is 3.09. The Morgan fingerprint density at radius 3 is 3.07 bits per heavy atom. The van der Waals surface area contributed by atoms with Crippen LogP contribution in [0.1, 0.15) is 43.0 Å². The highest BCUT2D eigenvalue weighted by Gasteiger charge is 2.29. The number of aromatic nitrogens is 2. The lowest BCUT2D eigenvalue weighted by Gasteiger charge is -2.22. The number of nitrogens with zero attached hydrogens (tertiary/aromatic N) is 2. The van der Waals surface area contributed by atoms with Gasteiger partial charge >= 0.3 is 0 Å². The maximum atomic E-state index is 4.51. The second-order valence-electron chi connectivity index (χ2n) is 4.59. The molecule has 0 saturated heterocycles. The van der Waals surface area contributed by atoms with Crippen molar-refractivity contribution in [3.63, 3.8) is 0 Å². The molecule has 1 fully saturated rings. The van der Waals surface area contributed by atoms with Gasteiger partial charge in [0.1, 0.15) is 0 Å². The maximum absolute atomic E-state index is 4.51. The minimum atomic E-state index is 0.583. The van der Waals surface area contributed by atoms with Crippen LogP contribution in [-0.2, 0) is 13.5 Å². The third-order valence-electron chi connectivity index (χ3n) is 3.23. The van der Waals surface area contributed by atoms with Crippen molar-refractivity contribution in [3.8, 4) is 0 Å². The van der Waals surface area contributed by atoms with Crippen molar-refractivity contribution in [3.05, 3.63) is 17.5 Å². The molecule has 3 nitrogen and oxygen atoms in total. The van der Waals surface area contributed by atoms with Crippen LogP contribution >= 0.6 is 0 Å². The monoisotopic (exact) mass is 191 g/mol. The molecule has 14 heavy (non-hydrogen) atoms. The number of hydrogen-bond acceptors (Lipinski definition) is 2. The highest BCUT2D eigenvalue weighted by molar-refractivity contribution is 5.24. The molecular formula is C11H17N3. The standard InChI is InChI=1S/C11H17N3/c1-14-7-9-10(12-8-5-6-8)3-2-4-11(9)13-14/h7-8,10,12H,2-6H2,1H3. The molecule has 3 rings (SSSR count). The SMILES string of the molecule is Cn1cc2c(n1)CCCC2NC1CC1. The van der Waals surface area contributed by atoms with Crippen LogP contribution in [0.15, 0.2) is 6.20 Å². The van der Waals surface area contributed by atoms with Crippen LogP contribution in [0.4, 0.5) is 0 Å². The number of hydrogen-bond donors (Lipinski definition) is 1. The summed E-state index contributed by atoms with van der Waals surface area (Å²) in [5, 5.41) is 8.21. The summed E-state index contributed by atoms with van der Waals surface area (Å²) >= 11 is 0. The molecule has 0 bridgehead atoms. The third-order valence-corrected chi connectivity index (χ3v) is 3.23. The molecule has 1 aromatic heterocycles. The van der Waals surface area contributed by atoms with Crippen LogP contribution in [0, 0.1) is 0 Å². The first-order chi connectivity index (χ1) is 6.83. The summed E-state index contributed by atoms with van der Waals surface area (Å²) < 4.78 is 1.96. The van der Waals surface area contributed by atoms with E-state index in [1.165, 1.54) is 43.4 Å². The van der Waals surface area contributed by atoms with E-state index in [9.17, 15) is 0 Å². The van der Waals surface area contributed by atoms with E-state index in [0.29, 0.717) is 6.04 Å². The Balaban J connectivity index is 1.85. The molecule has 1 atom stereocenters. The van der Waals surface area contributed by atoms with Crippen molar-refractivity contribution in [1.29, 1.82) is 0 Å². The molecule has 0 spiro atoms. The summed E-state index contributed by atoms with van der Waals surface area (Å²) in [6.07, 6.45) is 8.66. The van der Waals surface area contributed by atoms with Gasteiger partial charge in [-0.2, -0.15) is 5.10 Å². The fourth-order valence-corrected chi connectivity index (χ4v) is 2.37. The molecule has 0 aromatic carbocycles. The van der Waals surface area contributed by atoms with E-state index >= 15 is 0 Å². The van der Waals surface area contributed by atoms with Gasteiger partial charge in [0, 0.05) is 30.9 Å². The van der Waals surface area contributed by atoms with E-state index in [2.05, 4.69) is 16.6 Å². The van der Waals surface area contributed by atoms with E-state index in [1.807, 2.05) is 11.7 Å². The molecule has 3 heteroatoms. The molecule has 2 aliphatic carbocycles. The second-order valence-corrected chi connectivity index (χ2v) is 4.59. The van der Waals surface area contributed by atoms with Crippen molar-refractivity contribution in [1.82, 2.24) is 15.1 Å². The molecule has 1 saturated carbocycles. The zero-order valence-corrected chi connectivity index (χ0v) is 8.66. The number of nitrogens with one attached hydrogen (secondary N) is 1. The van der Waals surface area contributed by atoms with Gasteiger partial charge in [0.15, 0.2) is 0 Å². The number of rotatable bonds is 2. The van der Waals surface area contributed by atoms with Gasteiger partial charge in [0.2, 0.25) is 0 Å². The lowest BCUT2D eigenvalue weighted by atomic mass is 9.93. The average molecular weight is 191 g/mol. The van der Waals surface area contributed by atoms with Gasteiger partial charge in [-0.3, -0.25) is 4.68 Å². The van der Waals surface area contributed by atoms with Gasteiger partial charge in [-0.05, 0) is 32.1 Å². The van der Waals surface area contributed by atoms with E-state index in [-0.39, 0.29) is 0 Å². The quantitative estimate of drug-likeness (QED) is 0.768. The number of fused-ring (bicyclic) bond motifs is 1. The molecule has 1 unspecified atom stereocenters. The molecule has 0 radical (unpaired) electrons. The first-order valence-corrected chi connectivity index (χ1v) is 5.61. The van der Waals surface area contributed by atoms with Crippen LogP contribution in [0.2, 0.25) is 0 Å². The average Bonchev–Trinajstić information content (AvgIpc) is 2.87. The Kier molecular flexibility index (Phi) is 1.87. The summed E-state index contributed by atoms with van der Waals surface area (Å²) in [5.74, 6) is 0. The van der Waals surface area contributed by atoms with Gasteiger partial charge in [-0.1, -0.05) is 0 Å². The van der Waals surface area contributed by atoms with Crippen molar-refractivity contribution < 1.29 is 0 Å². The van der Waals surface area contributed by atoms with Crippen LogP contribution in [-0.4, -0.2) is 15.8 Å². The molecule has 1 N–H and O–H groups in total. The zero-order chi connectivity index (χ0) is 9.54. The highest BCUT2D eigenvalue weighted by atomic mass is 15.3. The molecule has 0 aliphatic heterocycles. The smallest absolute Gasteiger partial charge is 0.0672 e. The predicted octanol–water partition coefficient (Wildman–Crippen LogP) is 1.55. The Morgan fingerprint density at radius 2 is 2.29 bits per heavy atom. The lowest BCUT2D eigenvalue weighted by molar-refractivity contribution is 0.456. The summed E-state index contributed by atoms with van der Waals surface area (Å²) in [6.45, 7) is 0. The number of aryl methyl sites for hydroxylation is 2. The Morgan fingerprint density at radius 1 is 1.43 bits per heavy atom. The normalized spacial score (nSPS) is 26.2. The van der Waals surface area contributed by atoms with Crippen molar-refractivity contribution in [2.45, 2.75) is 44.2 Å². The molecule has 1 aromatic rings. The van der Waals surface area contributed by atoms with E-state index < -0.39 is 0 Å². The van der Waals surface area contributed by atoms with Crippen LogP contribution < -0.4 is 5.32 Å². The topological polar surface area (TPSA) is 29.9 Å². The Bertz CT molecular complexity index is 338. The van der Waals surface area contributed by atoms with E-state index in [4.69, 9.17) is 0 Å². The van der Waals surface area contributed by atoms with Gasteiger partial charge in [0.25, 0.3) is 0 Å². The van der Waals surface area contributed by atoms with E-state index in [0.717, 1.165) is 6.04 Å². The van der Waals surface area contributed by atoms with Gasteiger partial charge in [-0.25, -0.2) is 0 Å². The summed E-state index contributed by atoms with van der Waals surface area (Å²) in [4.78, 5) is 0. The van der Waals surface area contributed by atoms with Crippen LogP contribution in [0.5, 0.6) is 0 Å².